The molecule has 3 N–H and O–H groups in total. The van der Waals surface area contributed by atoms with E-state index in [9.17, 15) is 10.2 Å². The number of nitrogens with zero attached hydrogens (tertiary/aromatic N) is 3. The Morgan fingerprint density at radius 3 is 2.65 bits per heavy atom. The van der Waals surface area contributed by atoms with E-state index in [0.29, 0.717) is 17.3 Å². The zero-order valence-corrected chi connectivity index (χ0v) is 18.3. The maximum Gasteiger partial charge on any atom is 0.224 e. The maximum absolute atomic E-state index is 12.8. The molecule has 1 amide bonds. The number of aromatic amines is 1. The molecule has 2 fully saturated rings. The predicted octanol–water partition coefficient (Wildman–Crippen LogP) is 3.82. The summed E-state index contributed by atoms with van der Waals surface area (Å²) in [6.45, 7) is 1.98. The van der Waals surface area contributed by atoms with Gasteiger partial charge in [-0.3, -0.25) is 4.79 Å². The van der Waals surface area contributed by atoms with Crippen LogP contribution in [0.5, 0.6) is 0 Å². The van der Waals surface area contributed by atoms with Crippen molar-refractivity contribution < 1.29 is 4.79 Å². The highest BCUT2D eigenvalue weighted by atomic mass is 32.1. The van der Waals surface area contributed by atoms with Crippen LogP contribution in [0.15, 0.2) is 24.5 Å². The third-order valence-electron chi connectivity index (χ3n) is 7.03. The molecule has 0 aliphatic heterocycles. The van der Waals surface area contributed by atoms with Crippen LogP contribution in [0.4, 0.5) is 0 Å². The molecule has 0 spiro atoms. The summed E-state index contributed by atoms with van der Waals surface area (Å²) in [5, 5.41) is 13.2. The Balaban J connectivity index is 1.50. The van der Waals surface area contributed by atoms with Crippen molar-refractivity contribution >= 4 is 34.1 Å². The molecular weight excluding hydrogens is 408 g/mol. The van der Waals surface area contributed by atoms with Crippen molar-refractivity contribution in [2.24, 2.45) is 23.7 Å². The number of fused-ring (bicyclic) bond motifs is 3. The van der Waals surface area contributed by atoms with Crippen molar-refractivity contribution in [1.29, 1.82) is 5.41 Å². The van der Waals surface area contributed by atoms with Crippen molar-refractivity contribution in [3.8, 4) is 10.7 Å². The Morgan fingerprint density at radius 2 is 1.97 bits per heavy atom. The Kier molecular flexibility index (Phi) is 4.15. The van der Waals surface area contributed by atoms with E-state index < -0.39 is 0 Å². The standard InChI is InChI=1S/C23H24N6OS/c1-10-26-9-15(31-10)21-28-20-18(14(11-3-4-11)8-27-22(20)29-21)19(24)16-12-5-6-13(7-12)17(16)23(30)25-2/h5-6,8-9,11-13,16-17,24H,3-4,7H2,1-2H3,(H,25,30)(H,27,28,29)/t12-,13+,16?,17-/m0/s1. The minimum atomic E-state index is -0.186. The largest absolute Gasteiger partial charge is 0.359 e. The lowest BCUT2D eigenvalue weighted by Crippen LogP contribution is -2.39. The lowest BCUT2D eigenvalue weighted by atomic mass is 9.76. The first-order chi connectivity index (χ1) is 15.0. The molecule has 7 nitrogen and oxygen atoms in total. The SMILES string of the molecule is CNC(=O)[C@@H]1C(C(=N)c2c(C3CC3)cnc3nc(-c4cnc(C)s4)[nH]c23)[C@H]2C=C[C@@H]1C2. The molecule has 158 valence electrons. The Hall–Kier alpha value is -2.87. The molecule has 0 radical (unpaired) electrons. The topological polar surface area (TPSA) is 107 Å². The smallest absolute Gasteiger partial charge is 0.224 e. The van der Waals surface area contributed by atoms with Gasteiger partial charge in [0, 0.05) is 36.6 Å². The minimum Gasteiger partial charge on any atom is -0.359 e. The third-order valence-corrected chi connectivity index (χ3v) is 7.95. The zero-order chi connectivity index (χ0) is 21.3. The van der Waals surface area contributed by atoms with Crippen LogP contribution in [0, 0.1) is 36.0 Å². The van der Waals surface area contributed by atoms with E-state index >= 15 is 0 Å². The number of allylic oxidation sites excluding steroid dienone is 2. The van der Waals surface area contributed by atoms with Gasteiger partial charge in [0.2, 0.25) is 5.91 Å². The van der Waals surface area contributed by atoms with Crippen molar-refractivity contribution in [1.82, 2.24) is 25.3 Å². The van der Waals surface area contributed by atoms with Gasteiger partial charge in [-0.25, -0.2) is 15.0 Å². The van der Waals surface area contributed by atoms with Crippen LogP contribution in [0.2, 0.25) is 0 Å². The molecule has 6 rings (SSSR count). The zero-order valence-electron chi connectivity index (χ0n) is 17.5. The van der Waals surface area contributed by atoms with Crippen LogP contribution in [0.1, 0.15) is 41.3 Å². The molecule has 31 heavy (non-hydrogen) atoms. The Morgan fingerprint density at radius 1 is 1.19 bits per heavy atom. The number of aromatic nitrogens is 4. The molecule has 0 aromatic carbocycles. The molecule has 3 aromatic rings. The second-order valence-corrected chi connectivity index (χ2v) is 10.2. The molecule has 3 aromatic heterocycles. The fourth-order valence-electron chi connectivity index (χ4n) is 5.46. The van der Waals surface area contributed by atoms with Crippen LogP contribution in [-0.4, -0.2) is 38.6 Å². The van der Waals surface area contributed by atoms with Crippen LogP contribution in [0.25, 0.3) is 21.9 Å². The number of thiazole rings is 1. The molecule has 8 heteroatoms. The number of carbonyl (C=O) groups excluding carboxylic acids is 1. The molecule has 3 aliphatic rings. The van der Waals surface area contributed by atoms with Crippen molar-refractivity contribution in [3.05, 3.63) is 40.7 Å². The van der Waals surface area contributed by atoms with Crippen LogP contribution >= 0.6 is 11.3 Å². The first kappa shape index (κ1) is 18.9. The van der Waals surface area contributed by atoms with Gasteiger partial charge in [-0.2, -0.15) is 0 Å². The molecular formula is C23H24N6OS. The molecule has 4 atom stereocenters. The number of amides is 1. The van der Waals surface area contributed by atoms with Crippen LogP contribution in [-0.2, 0) is 4.79 Å². The van der Waals surface area contributed by atoms with Gasteiger partial charge in [0.15, 0.2) is 11.5 Å². The van der Waals surface area contributed by atoms with Gasteiger partial charge >= 0.3 is 0 Å². The van der Waals surface area contributed by atoms with Gasteiger partial charge in [0.25, 0.3) is 0 Å². The summed E-state index contributed by atoms with van der Waals surface area (Å²) in [6.07, 6.45) is 11.3. The number of rotatable bonds is 5. The number of imidazole rings is 1. The molecule has 0 saturated heterocycles. The number of carbonyl (C=O) groups is 1. The average Bonchev–Trinajstić information content (AvgIpc) is 3.14. The van der Waals surface area contributed by atoms with Gasteiger partial charge in [-0.1, -0.05) is 12.2 Å². The van der Waals surface area contributed by atoms with E-state index in [4.69, 9.17) is 4.98 Å². The summed E-state index contributed by atoms with van der Waals surface area (Å²) in [4.78, 5) is 30.9. The van der Waals surface area contributed by atoms with E-state index in [-0.39, 0.29) is 29.6 Å². The Labute approximate surface area is 183 Å². The van der Waals surface area contributed by atoms with E-state index in [1.165, 1.54) is 0 Å². The quantitative estimate of drug-likeness (QED) is 0.421. The molecule has 1 unspecified atom stereocenters. The second-order valence-electron chi connectivity index (χ2n) is 8.92. The lowest BCUT2D eigenvalue weighted by molar-refractivity contribution is -0.125. The van der Waals surface area contributed by atoms with E-state index in [0.717, 1.165) is 51.6 Å². The van der Waals surface area contributed by atoms with Crippen LogP contribution in [0.3, 0.4) is 0 Å². The van der Waals surface area contributed by atoms with Crippen LogP contribution < -0.4 is 5.32 Å². The molecule has 2 bridgehead atoms. The molecule has 2 saturated carbocycles. The van der Waals surface area contributed by atoms with Crippen molar-refractivity contribution in [2.45, 2.75) is 32.1 Å². The summed E-state index contributed by atoms with van der Waals surface area (Å²) in [5.41, 5.74) is 4.02. The fourth-order valence-corrected chi connectivity index (χ4v) is 6.18. The van der Waals surface area contributed by atoms with Gasteiger partial charge in [-0.05, 0) is 49.5 Å². The van der Waals surface area contributed by atoms with E-state index in [2.05, 4.69) is 32.4 Å². The number of nitrogens with one attached hydrogen (secondary N) is 3. The summed E-state index contributed by atoms with van der Waals surface area (Å²) in [5.74, 6) is 1.37. The first-order valence-electron chi connectivity index (χ1n) is 10.8. The Bertz CT molecular complexity index is 1250. The number of hydrogen-bond acceptors (Lipinski definition) is 6. The predicted molar refractivity (Wildman–Crippen MR) is 120 cm³/mol. The van der Waals surface area contributed by atoms with Gasteiger partial charge in [-0.15, -0.1) is 11.3 Å². The number of pyridine rings is 1. The normalized spacial score (nSPS) is 26.6. The van der Waals surface area contributed by atoms with Gasteiger partial charge in [0.1, 0.15) is 0 Å². The highest BCUT2D eigenvalue weighted by Crippen LogP contribution is 2.51. The van der Waals surface area contributed by atoms with Gasteiger partial charge < -0.3 is 15.7 Å². The van der Waals surface area contributed by atoms with E-state index in [1.54, 1.807) is 18.4 Å². The van der Waals surface area contributed by atoms with Crippen molar-refractivity contribution in [2.75, 3.05) is 7.05 Å². The highest BCUT2D eigenvalue weighted by Gasteiger charge is 2.50. The summed E-state index contributed by atoms with van der Waals surface area (Å²) in [6, 6.07) is 0. The molecule has 3 aliphatic carbocycles. The fraction of sp³-hybridized carbons (Fsp3) is 0.435. The third kappa shape index (κ3) is 2.88. The average molecular weight is 433 g/mol. The summed E-state index contributed by atoms with van der Waals surface area (Å²) in [7, 11) is 1.69. The van der Waals surface area contributed by atoms with Crippen molar-refractivity contribution in [3.63, 3.8) is 0 Å². The summed E-state index contributed by atoms with van der Waals surface area (Å²) >= 11 is 1.59. The number of hydrogen-bond donors (Lipinski definition) is 3. The number of H-pyrrole nitrogens is 1. The molecule has 3 heterocycles. The maximum atomic E-state index is 12.8. The minimum absolute atomic E-state index is 0.0373. The highest BCUT2D eigenvalue weighted by molar-refractivity contribution is 7.14. The monoisotopic (exact) mass is 432 g/mol. The number of aryl methyl sites for hydroxylation is 1. The van der Waals surface area contributed by atoms with Gasteiger partial charge in [0.05, 0.1) is 21.3 Å². The lowest BCUT2D eigenvalue weighted by Gasteiger charge is -2.28. The second kappa shape index (κ2) is 6.82. The summed E-state index contributed by atoms with van der Waals surface area (Å²) < 4.78 is 0. The first-order valence-corrected chi connectivity index (χ1v) is 11.7. The van der Waals surface area contributed by atoms with E-state index in [1.807, 2.05) is 19.3 Å².